The van der Waals surface area contributed by atoms with Crippen molar-refractivity contribution in [3.05, 3.63) is 75.8 Å². The van der Waals surface area contributed by atoms with Crippen LogP contribution in [-0.2, 0) is 15.3 Å². The fourth-order valence-electron chi connectivity index (χ4n) is 4.10. The molecule has 220 valence electrons. The van der Waals surface area contributed by atoms with Crippen LogP contribution in [0.5, 0.6) is 5.75 Å². The number of aromatic nitrogens is 2. The summed E-state index contributed by atoms with van der Waals surface area (Å²) in [4.78, 5) is 21.0. The molecule has 4 N–H and O–H groups in total. The number of hydrogen-bond acceptors (Lipinski definition) is 11. The van der Waals surface area contributed by atoms with Crippen LogP contribution < -0.4 is 16.2 Å². The molecule has 0 bridgehead atoms. The summed E-state index contributed by atoms with van der Waals surface area (Å²) in [6, 6.07) is 18.0. The molecule has 4 rings (SSSR count). The number of esters is 1. The molecule has 0 saturated heterocycles. The molecule has 43 heavy (non-hydrogen) atoms. The first kappa shape index (κ1) is 31.8. The number of anilines is 1. The molecule has 0 aliphatic carbocycles. The zero-order valence-corrected chi connectivity index (χ0v) is 25.8. The highest BCUT2D eigenvalue weighted by atomic mass is 35.5. The van der Waals surface area contributed by atoms with Gasteiger partial charge in [-0.2, -0.15) is 10.5 Å². The maximum atomic E-state index is 12.0. The first-order valence-electron chi connectivity index (χ1n) is 13.5. The Kier molecular flexibility index (Phi) is 11.4. The van der Waals surface area contributed by atoms with Gasteiger partial charge in [0.2, 0.25) is 0 Å². The second-order valence-corrected chi connectivity index (χ2v) is 11.6. The predicted molar refractivity (Wildman–Crippen MR) is 170 cm³/mol. The molecule has 4 aromatic rings. The van der Waals surface area contributed by atoms with Crippen molar-refractivity contribution in [3.8, 4) is 39.6 Å². The number of thioether (sulfide) groups is 1. The minimum Gasteiger partial charge on any atom is -0.490 e. The van der Waals surface area contributed by atoms with Crippen molar-refractivity contribution < 1.29 is 14.3 Å². The summed E-state index contributed by atoms with van der Waals surface area (Å²) in [7, 11) is 0. The summed E-state index contributed by atoms with van der Waals surface area (Å²) in [6.07, 6.45) is 2.40. The molecular weight excluding hydrogens is 604 g/mol. The molecule has 0 saturated carbocycles. The van der Waals surface area contributed by atoms with Gasteiger partial charge in [0.15, 0.2) is 0 Å². The Morgan fingerprint density at radius 3 is 2.42 bits per heavy atom. The number of pyridine rings is 1. The van der Waals surface area contributed by atoms with Crippen LogP contribution in [0.2, 0.25) is 5.02 Å². The lowest BCUT2D eigenvalue weighted by atomic mass is 9.97. The molecule has 0 fully saturated rings. The van der Waals surface area contributed by atoms with Crippen molar-refractivity contribution >= 4 is 46.5 Å². The van der Waals surface area contributed by atoms with Crippen LogP contribution in [0.3, 0.4) is 0 Å². The van der Waals surface area contributed by atoms with E-state index in [-0.39, 0.29) is 30.2 Å². The van der Waals surface area contributed by atoms with Gasteiger partial charge in [-0.3, -0.25) is 4.79 Å². The van der Waals surface area contributed by atoms with Gasteiger partial charge in [-0.25, -0.2) is 9.97 Å². The van der Waals surface area contributed by atoms with Crippen molar-refractivity contribution in [2.24, 2.45) is 5.73 Å². The van der Waals surface area contributed by atoms with E-state index in [0.29, 0.717) is 39.1 Å². The van der Waals surface area contributed by atoms with Gasteiger partial charge in [-0.15, -0.1) is 11.3 Å². The van der Waals surface area contributed by atoms with Crippen molar-refractivity contribution in [2.75, 3.05) is 18.9 Å². The fourth-order valence-corrected chi connectivity index (χ4v) is 6.05. The Hall–Kier alpha value is -4.13. The number of unbranched alkanes of at least 4 members (excludes halogenated alkanes) is 1. The van der Waals surface area contributed by atoms with E-state index in [9.17, 15) is 15.3 Å². The average Bonchev–Trinajstić information content (AvgIpc) is 3.50. The lowest BCUT2D eigenvalue weighted by Gasteiger charge is -2.14. The lowest BCUT2D eigenvalue weighted by molar-refractivity contribution is -0.146. The van der Waals surface area contributed by atoms with Gasteiger partial charge >= 0.3 is 5.97 Å². The lowest BCUT2D eigenvalue weighted by Crippen LogP contribution is -2.33. The monoisotopic (exact) mass is 632 g/mol. The van der Waals surface area contributed by atoms with Gasteiger partial charge in [0, 0.05) is 27.3 Å². The topological polar surface area (TPSA) is 161 Å². The number of nitrogen functional groups attached to an aromatic ring is 1. The molecule has 12 heteroatoms. The Morgan fingerprint density at radius 2 is 1.74 bits per heavy atom. The third-order valence-electron chi connectivity index (χ3n) is 6.33. The van der Waals surface area contributed by atoms with Crippen molar-refractivity contribution in [2.45, 2.75) is 43.0 Å². The minimum absolute atomic E-state index is 0.0402. The zero-order chi connectivity index (χ0) is 30.8. The van der Waals surface area contributed by atoms with Crippen molar-refractivity contribution in [1.29, 1.82) is 10.5 Å². The third kappa shape index (κ3) is 8.25. The summed E-state index contributed by atoms with van der Waals surface area (Å²) in [6.45, 7) is 2.25. The highest BCUT2D eigenvalue weighted by molar-refractivity contribution is 7.98. The second-order valence-electron chi connectivity index (χ2n) is 9.38. The maximum absolute atomic E-state index is 12.0. The van der Waals surface area contributed by atoms with E-state index in [0.717, 1.165) is 29.1 Å². The predicted octanol–water partition coefficient (Wildman–Crippen LogP) is 6.58. The number of carbonyl (C=O) groups excluding carboxylic acids is 1. The van der Waals surface area contributed by atoms with Gasteiger partial charge in [0.05, 0.1) is 11.3 Å². The van der Waals surface area contributed by atoms with Crippen LogP contribution in [0.1, 0.15) is 43.0 Å². The molecule has 2 aromatic carbocycles. The Labute approximate surface area is 263 Å². The number of halogens is 1. The van der Waals surface area contributed by atoms with Crippen LogP contribution in [0.15, 0.2) is 58.9 Å². The fraction of sp³-hybridized carbons (Fsp3) is 0.258. The summed E-state index contributed by atoms with van der Waals surface area (Å²) >= 11 is 8.84. The van der Waals surface area contributed by atoms with Crippen LogP contribution in [-0.4, -0.2) is 35.2 Å². The van der Waals surface area contributed by atoms with Crippen LogP contribution in [0, 0.1) is 22.7 Å². The Bertz CT molecular complexity index is 1650. The zero-order valence-electron chi connectivity index (χ0n) is 23.4. The molecule has 0 spiro atoms. The van der Waals surface area contributed by atoms with E-state index in [4.69, 9.17) is 37.5 Å². The Morgan fingerprint density at radius 1 is 1.05 bits per heavy atom. The molecule has 0 radical (unpaired) electrons. The first-order chi connectivity index (χ1) is 20.8. The molecule has 2 aromatic heterocycles. The van der Waals surface area contributed by atoms with Crippen molar-refractivity contribution in [3.63, 3.8) is 0 Å². The van der Waals surface area contributed by atoms with E-state index in [1.807, 2.05) is 36.6 Å². The number of nitrogens with zero attached hydrogens (tertiary/aromatic N) is 4. The van der Waals surface area contributed by atoms with E-state index in [1.165, 1.54) is 23.1 Å². The normalized spacial score (nSPS) is 11.4. The van der Waals surface area contributed by atoms with Crippen molar-refractivity contribution in [1.82, 2.24) is 9.97 Å². The van der Waals surface area contributed by atoms with E-state index >= 15 is 0 Å². The smallest absolute Gasteiger partial charge is 0.323 e. The molecule has 0 aliphatic heterocycles. The number of carbonyl (C=O) groups is 1. The number of hydrogen-bond donors (Lipinski definition) is 2. The van der Waals surface area contributed by atoms with Gasteiger partial charge < -0.3 is 20.9 Å². The number of nitriles is 2. The standard InChI is InChI=1S/C31H29ClN6O3S2/c1-2-3-4-26(35)31(39)41-14-13-40-23-11-7-19(8-12-23)27-24(15-33)28(36)38-30(25(27)16-34)43-18-22-17-42-29(37-22)20-5-9-21(32)10-6-20/h5-12,17,26H,2-4,13-14,18,35H2,1H3,(H2,36,38)/t26-/m0/s1. The van der Waals surface area contributed by atoms with E-state index in [1.54, 1.807) is 24.3 Å². The molecule has 0 aliphatic rings. The number of thiazole rings is 1. The largest absolute Gasteiger partial charge is 0.490 e. The number of ether oxygens (including phenoxy) is 2. The summed E-state index contributed by atoms with van der Waals surface area (Å²) in [5.74, 6) is 0.584. The molecule has 0 unspecified atom stereocenters. The van der Waals surface area contributed by atoms with Gasteiger partial charge in [0.25, 0.3) is 0 Å². The molecule has 9 nitrogen and oxygen atoms in total. The highest BCUT2D eigenvalue weighted by Gasteiger charge is 2.21. The highest BCUT2D eigenvalue weighted by Crippen LogP contribution is 2.37. The second kappa shape index (κ2) is 15.4. The molecule has 0 amide bonds. The SMILES string of the molecule is CCCC[C@H](N)C(=O)OCCOc1ccc(-c2c(C#N)c(N)nc(SCc3csc(-c4ccc(Cl)cc4)n3)c2C#N)cc1. The summed E-state index contributed by atoms with van der Waals surface area (Å²) in [5, 5.41) is 23.9. The minimum atomic E-state index is -0.632. The van der Waals surface area contributed by atoms with Gasteiger partial charge in [-0.05, 0) is 36.2 Å². The average molecular weight is 633 g/mol. The van der Waals surface area contributed by atoms with Crippen LogP contribution in [0.25, 0.3) is 21.7 Å². The van der Waals surface area contributed by atoms with E-state index < -0.39 is 12.0 Å². The first-order valence-corrected chi connectivity index (χ1v) is 15.7. The maximum Gasteiger partial charge on any atom is 0.323 e. The number of rotatable bonds is 13. The van der Waals surface area contributed by atoms with Crippen LogP contribution >= 0.6 is 34.7 Å². The van der Waals surface area contributed by atoms with Gasteiger partial charge in [-0.1, -0.05) is 67.4 Å². The quantitative estimate of drug-likeness (QED) is 0.0935. The number of benzene rings is 2. The summed E-state index contributed by atoms with van der Waals surface area (Å²) in [5.41, 5.74) is 15.2. The van der Waals surface area contributed by atoms with Gasteiger partial charge in [0.1, 0.15) is 58.6 Å². The summed E-state index contributed by atoms with van der Waals surface area (Å²) < 4.78 is 10.9. The number of nitrogens with two attached hydrogens (primary N) is 2. The molecule has 2 heterocycles. The van der Waals surface area contributed by atoms with E-state index in [2.05, 4.69) is 17.1 Å². The molecule has 1 atom stereocenters. The third-order valence-corrected chi connectivity index (χ3v) is 8.53. The van der Waals surface area contributed by atoms with Crippen LogP contribution in [0.4, 0.5) is 5.82 Å². The molecular formula is C31H29ClN6O3S2. The Balaban J connectivity index is 1.45.